The van der Waals surface area contributed by atoms with Crippen LogP contribution < -0.4 is 16.0 Å². The Labute approximate surface area is 169 Å². The third-order valence-electron chi connectivity index (χ3n) is 3.94. The van der Waals surface area contributed by atoms with Gasteiger partial charge in [0.2, 0.25) is 17.8 Å². The molecular formula is C21H15F3N6. The maximum Gasteiger partial charge on any atom is 0.233 e. The van der Waals surface area contributed by atoms with Crippen molar-refractivity contribution >= 4 is 34.9 Å². The summed E-state index contributed by atoms with van der Waals surface area (Å²) in [5, 5.41) is 8.92. The molecule has 4 rings (SSSR count). The fourth-order valence-electron chi connectivity index (χ4n) is 2.53. The quantitative estimate of drug-likeness (QED) is 0.390. The van der Waals surface area contributed by atoms with Gasteiger partial charge in [-0.3, -0.25) is 0 Å². The standard InChI is InChI=1S/C21H15F3N6/c22-13-1-7-16(8-2-13)25-19-28-20(26-17-9-3-14(23)4-10-17)30-21(29-19)27-18-11-5-15(24)6-12-18/h1-12H,(H3,25,26,27,28,29,30). The monoisotopic (exact) mass is 408 g/mol. The van der Waals surface area contributed by atoms with E-state index in [4.69, 9.17) is 0 Å². The molecule has 3 N–H and O–H groups in total. The number of hydrogen-bond acceptors (Lipinski definition) is 6. The summed E-state index contributed by atoms with van der Waals surface area (Å²) in [6.45, 7) is 0. The second-order valence-electron chi connectivity index (χ2n) is 6.20. The lowest BCUT2D eigenvalue weighted by Crippen LogP contribution is -2.07. The molecule has 0 bridgehead atoms. The van der Waals surface area contributed by atoms with Crippen LogP contribution in [0.5, 0.6) is 0 Å². The molecule has 0 saturated carbocycles. The number of hydrogen-bond donors (Lipinski definition) is 3. The lowest BCUT2D eigenvalue weighted by molar-refractivity contribution is 0.627. The highest BCUT2D eigenvalue weighted by molar-refractivity contribution is 5.61. The van der Waals surface area contributed by atoms with Gasteiger partial charge in [0.15, 0.2) is 0 Å². The Morgan fingerprint density at radius 3 is 0.867 bits per heavy atom. The van der Waals surface area contributed by atoms with Crippen LogP contribution in [-0.2, 0) is 0 Å². The fraction of sp³-hybridized carbons (Fsp3) is 0. The molecule has 0 fully saturated rings. The van der Waals surface area contributed by atoms with Gasteiger partial charge in [0.05, 0.1) is 0 Å². The molecular weight excluding hydrogens is 393 g/mol. The topological polar surface area (TPSA) is 74.8 Å². The lowest BCUT2D eigenvalue weighted by atomic mass is 10.3. The van der Waals surface area contributed by atoms with Gasteiger partial charge < -0.3 is 16.0 Å². The number of nitrogens with one attached hydrogen (secondary N) is 3. The second-order valence-corrected chi connectivity index (χ2v) is 6.20. The normalized spacial score (nSPS) is 10.5. The van der Waals surface area contributed by atoms with Gasteiger partial charge in [-0.1, -0.05) is 0 Å². The van der Waals surface area contributed by atoms with E-state index in [9.17, 15) is 13.2 Å². The Kier molecular flexibility index (Phi) is 5.42. The molecule has 0 amide bonds. The van der Waals surface area contributed by atoms with Gasteiger partial charge in [0, 0.05) is 17.1 Å². The molecule has 3 aromatic carbocycles. The van der Waals surface area contributed by atoms with Gasteiger partial charge in [-0.15, -0.1) is 0 Å². The highest BCUT2D eigenvalue weighted by atomic mass is 19.1. The molecule has 0 radical (unpaired) electrons. The van der Waals surface area contributed by atoms with E-state index in [2.05, 4.69) is 30.9 Å². The van der Waals surface area contributed by atoms with Crippen molar-refractivity contribution in [2.45, 2.75) is 0 Å². The van der Waals surface area contributed by atoms with Crippen molar-refractivity contribution in [2.75, 3.05) is 16.0 Å². The van der Waals surface area contributed by atoms with Crippen LogP contribution in [0.15, 0.2) is 72.8 Å². The fourth-order valence-corrected chi connectivity index (χ4v) is 2.53. The molecule has 0 aliphatic heterocycles. The minimum Gasteiger partial charge on any atom is -0.324 e. The van der Waals surface area contributed by atoms with Gasteiger partial charge >= 0.3 is 0 Å². The highest BCUT2D eigenvalue weighted by Crippen LogP contribution is 2.21. The van der Waals surface area contributed by atoms with Crippen LogP contribution in [0.2, 0.25) is 0 Å². The molecule has 4 aromatic rings. The van der Waals surface area contributed by atoms with Crippen LogP contribution in [0.4, 0.5) is 48.1 Å². The van der Waals surface area contributed by atoms with E-state index in [1.807, 2.05) is 0 Å². The van der Waals surface area contributed by atoms with Crippen LogP contribution >= 0.6 is 0 Å². The molecule has 0 spiro atoms. The summed E-state index contributed by atoms with van der Waals surface area (Å²) >= 11 is 0. The average Bonchev–Trinajstić information content (AvgIpc) is 2.73. The number of rotatable bonds is 6. The summed E-state index contributed by atoms with van der Waals surface area (Å²) in [4.78, 5) is 12.9. The minimum absolute atomic E-state index is 0.186. The molecule has 1 heterocycles. The first-order valence-corrected chi connectivity index (χ1v) is 8.87. The second kappa shape index (κ2) is 8.48. The van der Waals surface area contributed by atoms with Crippen LogP contribution in [0, 0.1) is 17.5 Å². The van der Waals surface area contributed by atoms with E-state index < -0.39 is 0 Å². The number of anilines is 6. The summed E-state index contributed by atoms with van der Waals surface area (Å²) in [6.07, 6.45) is 0. The van der Waals surface area contributed by atoms with Gasteiger partial charge in [-0.05, 0) is 72.8 Å². The number of benzene rings is 3. The SMILES string of the molecule is Fc1ccc(Nc2nc(Nc3ccc(F)cc3)nc(Nc3ccc(F)cc3)n2)cc1. The first-order valence-electron chi connectivity index (χ1n) is 8.87. The Morgan fingerprint density at radius 2 is 0.633 bits per heavy atom. The van der Waals surface area contributed by atoms with Crippen molar-refractivity contribution in [1.82, 2.24) is 15.0 Å². The zero-order valence-electron chi connectivity index (χ0n) is 15.4. The van der Waals surface area contributed by atoms with E-state index >= 15 is 0 Å². The first-order chi connectivity index (χ1) is 14.5. The van der Waals surface area contributed by atoms with Crippen LogP contribution in [0.1, 0.15) is 0 Å². The van der Waals surface area contributed by atoms with E-state index in [0.717, 1.165) is 0 Å². The molecule has 0 saturated heterocycles. The lowest BCUT2D eigenvalue weighted by Gasteiger charge is -2.11. The Bertz CT molecular complexity index is 974. The Hall–Kier alpha value is -4.14. The van der Waals surface area contributed by atoms with Crippen molar-refractivity contribution in [3.63, 3.8) is 0 Å². The molecule has 1 aromatic heterocycles. The van der Waals surface area contributed by atoms with Crippen molar-refractivity contribution in [3.8, 4) is 0 Å². The smallest absolute Gasteiger partial charge is 0.233 e. The minimum atomic E-state index is -0.367. The zero-order valence-corrected chi connectivity index (χ0v) is 15.4. The third kappa shape index (κ3) is 5.02. The van der Waals surface area contributed by atoms with Crippen molar-refractivity contribution in [3.05, 3.63) is 90.2 Å². The van der Waals surface area contributed by atoms with Gasteiger partial charge in [0.25, 0.3) is 0 Å². The molecule has 150 valence electrons. The largest absolute Gasteiger partial charge is 0.324 e. The average molecular weight is 408 g/mol. The highest BCUT2D eigenvalue weighted by Gasteiger charge is 2.09. The summed E-state index contributed by atoms with van der Waals surface area (Å²) < 4.78 is 39.5. The van der Waals surface area contributed by atoms with Gasteiger partial charge in [-0.25, -0.2) is 13.2 Å². The Morgan fingerprint density at radius 1 is 0.400 bits per heavy atom. The molecule has 0 unspecified atom stereocenters. The zero-order chi connectivity index (χ0) is 20.9. The van der Waals surface area contributed by atoms with E-state index in [-0.39, 0.29) is 35.3 Å². The summed E-state index contributed by atoms with van der Waals surface area (Å²) in [6, 6.07) is 17.1. The van der Waals surface area contributed by atoms with Crippen molar-refractivity contribution < 1.29 is 13.2 Å². The Balaban J connectivity index is 1.64. The van der Waals surface area contributed by atoms with E-state index in [0.29, 0.717) is 17.1 Å². The number of halogens is 3. The van der Waals surface area contributed by atoms with E-state index in [1.54, 1.807) is 36.4 Å². The van der Waals surface area contributed by atoms with Crippen LogP contribution in [-0.4, -0.2) is 15.0 Å². The number of nitrogens with zero attached hydrogens (tertiary/aromatic N) is 3. The third-order valence-corrected chi connectivity index (χ3v) is 3.94. The molecule has 30 heavy (non-hydrogen) atoms. The van der Waals surface area contributed by atoms with E-state index in [1.165, 1.54) is 36.4 Å². The van der Waals surface area contributed by atoms with Crippen LogP contribution in [0.3, 0.4) is 0 Å². The van der Waals surface area contributed by atoms with Gasteiger partial charge in [-0.2, -0.15) is 15.0 Å². The molecule has 0 aliphatic carbocycles. The molecule has 9 heteroatoms. The van der Waals surface area contributed by atoms with Crippen molar-refractivity contribution in [2.24, 2.45) is 0 Å². The summed E-state index contributed by atoms with van der Waals surface area (Å²) in [5.41, 5.74) is 1.72. The predicted molar refractivity (Wildman–Crippen MR) is 109 cm³/mol. The van der Waals surface area contributed by atoms with Crippen molar-refractivity contribution in [1.29, 1.82) is 0 Å². The first kappa shape index (κ1) is 19.2. The summed E-state index contributed by atoms with van der Waals surface area (Å²) in [5.74, 6) is -0.543. The maximum absolute atomic E-state index is 13.2. The molecule has 0 aliphatic rings. The van der Waals surface area contributed by atoms with Gasteiger partial charge in [0.1, 0.15) is 17.5 Å². The maximum atomic E-state index is 13.2. The number of aromatic nitrogens is 3. The predicted octanol–water partition coefficient (Wildman–Crippen LogP) is 5.52. The van der Waals surface area contributed by atoms with Crippen LogP contribution in [0.25, 0.3) is 0 Å². The molecule has 6 nitrogen and oxygen atoms in total. The molecule has 0 atom stereocenters. The summed E-state index contributed by atoms with van der Waals surface area (Å²) in [7, 11) is 0.